The number of carboxylic acids is 1. The molecule has 0 unspecified atom stereocenters. The summed E-state index contributed by atoms with van der Waals surface area (Å²) in [6, 6.07) is 4.87. The lowest BCUT2D eigenvalue weighted by molar-refractivity contribution is -0.141. The van der Waals surface area contributed by atoms with Crippen LogP contribution in [0.1, 0.15) is 35.2 Å². The Bertz CT molecular complexity index is 597. The van der Waals surface area contributed by atoms with Crippen LogP contribution in [-0.2, 0) is 9.59 Å². The Labute approximate surface area is 122 Å². The molecule has 1 aromatic rings. The highest BCUT2D eigenvalue weighted by Gasteiger charge is 2.33. The topological polar surface area (TPSA) is 109 Å². The molecule has 1 aromatic carbocycles. The van der Waals surface area contributed by atoms with Gasteiger partial charge in [0.15, 0.2) is 0 Å². The number of primary amides is 1. The molecule has 1 saturated carbocycles. The van der Waals surface area contributed by atoms with Gasteiger partial charge >= 0.3 is 5.97 Å². The molecule has 6 nitrogen and oxygen atoms in total. The minimum Gasteiger partial charge on any atom is -0.481 e. The number of amides is 2. The molecule has 0 aromatic heterocycles. The number of rotatable bonds is 4. The van der Waals surface area contributed by atoms with Crippen molar-refractivity contribution >= 4 is 23.5 Å². The van der Waals surface area contributed by atoms with Crippen LogP contribution in [0, 0.1) is 18.8 Å². The molecule has 4 N–H and O–H groups in total. The molecule has 0 aliphatic heterocycles. The van der Waals surface area contributed by atoms with Gasteiger partial charge in [-0.2, -0.15) is 0 Å². The summed E-state index contributed by atoms with van der Waals surface area (Å²) in [7, 11) is 0. The summed E-state index contributed by atoms with van der Waals surface area (Å²) < 4.78 is 0. The first-order valence-electron chi connectivity index (χ1n) is 6.82. The molecule has 1 aliphatic carbocycles. The fraction of sp³-hybridized carbons (Fsp3) is 0.400. The predicted octanol–water partition coefficient (Wildman–Crippen LogP) is 1.53. The van der Waals surface area contributed by atoms with Gasteiger partial charge in [-0.15, -0.1) is 0 Å². The number of hydrogen-bond donors (Lipinski definition) is 3. The maximum absolute atomic E-state index is 12.1. The molecule has 0 bridgehead atoms. The normalized spacial score (nSPS) is 21.0. The molecule has 1 fully saturated rings. The first kappa shape index (κ1) is 15.0. The van der Waals surface area contributed by atoms with Crippen LogP contribution in [0.2, 0.25) is 0 Å². The number of carboxylic acid groups (broad SMARTS) is 1. The van der Waals surface area contributed by atoms with Gasteiger partial charge in [-0.05, 0) is 49.9 Å². The van der Waals surface area contributed by atoms with Gasteiger partial charge in [0, 0.05) is 17.2 Å². The van der Waals surface area contributed by atoms with E-state index < -0.39 is 17.8 Å². The summed E-state index contributed by atoms with van der Waals surface area (Å²) in [6.07, 6.45) is 1.49. The molecular formula is C15H18N2O4. The Morgan fingerprint density at radius 1 is 1.24 bits per heavy atom. The van der Waals surface area contributed by atoms with Crippen LogP contribution in [-0.4, -0.2) is 22.9 Å². The molecule has 2 atom stereocenters. The van der Waals surface area contributed by atoms with Crippen molar-refractivity contribution in [2.45, 2.75) is 26.2 Å². The first-order valence-corrected chi connectivity index (χ1v) is 6.82. The maximum atomic E-state index is 12.1. The molecule has 0 spiro atoms. The zero-order valence-corrected chi connectivity index (χ0v) is 11.8. The van der Waals surface area contributed by atoms with Crippen LogP contribution in [0.4, 0.5) is 5.69 Å². The van der Waals surface area contributed by atoms with Crippen LogP contribution in [0.15, 0.2) is 18.2 Å². The van der Waals surface area contributed by atoms with Crippen LogP contribution in [0.3, 0.4) is 0 Å². The van der Waals surface area contributed by atoms with Crippen LogP contribution < -0.4 is 11.1 Å². The number of anilines is 1. The van der Waals surface area contributed by atoms with Gasteiger partial charge in [-0.25, -0.2) is 0 Å². The van der Waals surface area contributed by atoms with Crippen LogP contribution >= 0.6 is 0 Å². The maximum Gasteiger partial charge on any atom is 0.306 e. The standard InChI is InChI=1S/C15H18N2O4/c1-8-6-11(4-5-12(8)13(16)18)17-14(19)9-2-3-10(7-9)15(20)21/h4-6,9-10H,2-3,7H2,1H3,(H2,16,18)(H,17,19)(H,20,21)/t9-,10+/m1/s1. The molecule has 1 aliphatic rings. The number of carbonyl (C=O) groups excluding carboxylic acids is 2. The lowest BCUT2D eigenvalue weighted by atomic mass is 10.0. The Morgan fingerprint density at radius 3 is 2.43 bits per heavy atom. The second kappa shape index (κ2) is 5.95. The molecule has 0 heterocycles. The van der Waals surface area contributed by atoms with E-state index in [4.69, 9.17) is 10.8 Å². The average Bonchev–Trinajstić information content (AvgIpc) is 2.88. The van der Waals surface area contributed by atoms with Gasteiger partial charge in [0.25, 0.3) is 0 Å². The second-order valence-corrected chi connectivity index (χ2v) is 5.43. The van der Waals surface area contributed by atoms with Gasteiger partial charge < -0.3 is 16.2 Å². The van der Waals surface area contributed by atoms with E-state index in [-0.39, 0.29) is 11.8 Å². The van der Waals surface area contributed by atoms with E-state index in [2.05, 4.69) is 5.32 Å². The van der Waals surface area contributed by atoms with Gasteiger partial charge in [-0.1, -0.05) is 0 Å². The van der Waals surface area contributed by atoms with Crippen molar-refractivity contribution < 1.29 is 19.5 Å². The lowest BCUT2D eigenvalue weighted by Gasteiger charge is -2.12. The van der Waals surface area contributed by atoms with Crippen LogP contribution in [0.5, 0.6) is 0 Å². The van der Waals surface area contributed by atoms with Gasteiger partial charge in [0.05, 0.1) is 5.92 Å². The first-order chi connectivity index (χ1) is 9.88. The number of carbonyl (C=O) groups is 3. The molecule has 21 heavy (non-hydrogen) atoms. The van der Waals surface area contributed by atoms with Crippen LogP contribution in [0.25, 0.3) is 0 Å². The van der Waals surface area contributed by atoms with Crippen molar-refractivity contribution in [1.82, 2.24) is 0 Å². The lowest BCUT2D eigenvalue weighted by Crippen LogP contribution is -2.22. The number of hydrogen-bond acceptors (Lipinski definition) is 3. The van der Waals surface area contributed by atoms with Gasteiger partial charge in [-0.3, -0.25) is 14.4 Å². The molecule has 112 valence electrons. The van der Waals surface area contributed by atoms with E-state index in [0.29, 0.717) is 36.1 Å². The Balaban J connectivity index is 2.02. The van der Waals surface area contributed by atoms with Crippen molar-refractivity contribution in [3.63, 3.8) is 0 Å². The van der Waals surface area contributed by atoms with Crippen molar-refractivity contribution in [2.24, 2.45) is 17.6 Å². The third-order valence-corrected chi connectivity index (χ3v) is 3.91. The van der Waals surface area contributed by atoms with Gasteiger partial charge in [0.1, 0.15) is 0 Å². The van der Waals surface area contributed by atoms with Crippen molar-refractivity contribution in [3.8, 4) is 0 Å². The number of nitrogens with two attached hydrogens (primary N) is 1. The predicted molar refractivity (Wildman–Crippen MR) is 76.8 cm³/mol. The largest absolute Gasteiger partial charge is 0.481 e. The summed E-state index contributed by atoms with van der Waals surface area (Å²) in [5.74, 6) is -2.23. The van der Waals surface area contributed by atoms with Gasteiger partial charge in [0.2, 0.25) is 11.8 Å². The van der Waals surface area contributed by atoms with E-state index >= 15 is 0 Å². The van der Waals surface area contributed by atoms with E-state index in [9.17, 15) is 14.4 Å². The molecular weight excluding hydrogens is 272 g/mol. The fourth-order valence-corrected chi connectivity index (χ4v) is 2.71. The third kappa shape index (κ3) is 3.39. The summed E-state index contributed by atoms with van der Waals surface area (Å²) in [4.78, 5) is 34.2. The average molecular weight is 290 g/mol. The monoisotopic (exact) mass is 290 g/mol. The van der Waals surface area contributed by atoms with E-state index in [1.807, 2.05) is 0 Å². The van der Waals surface area contributed by atoms with Crippen molar-refractivity contribution in [1.29, 1.82) is 0 Å². The summed E-state index contributed by atoms with van der Waals surface area (Å²) in [6.45, 7) is 1.74. The Kier molecular flexibility index (Phi) is 4.26. The second-order valence-electron chi connectivity index (χ2n) is 5.43. The van der Waals surface area contributed by atoms with Crippen molar-refractivity contribution in [3.05, 3.63) is 29.3 Å². The molecule has 6 heteroatoms. The quantitative estimate of drug-likeness (QED) is 0.781. The highest BCUT2D eigenvalue weighted by molar-refractivity contribution is 5.96. The Morgan fingerprint density at radius 2 is 1.90 bits per heavy atom. The molecule has 2 rings (SSSR count). The zero-order valence-electron chi connectivity index (χ0n) is 11.8. The third-order valence-electron chi connectivity index (χ3n) is 3.91. The Hall–Kier alpha value is -2.37. The minimum atomic E-state index is -0.841. The SMILES string of the molecule is Cc1cc(NC(=O)[C@@H]2CC[C@H](C(=O)O)C2)ccc1C(N)=O. The highest BCUT2D eigenvalue weighted by Crippen LogP contribution is 2.32. The summed E-state index contributed by atoms with van der Waals surface area (Å²) in [5, 5.41) is 11.7. The fourth-order valence-electron chi connectivity index (χ4n) is 2.71. The van der Waals surface area contributed by atoms with E-state index in [1.165, 1.54) is 0 Å². The number of nitrogens with one attached hydrogen (secondary N) is 1. The molecule has 0 radical (unpaired) electrons. The number of benzene rings is 1. The summed E-state index contributed by atoms with van der Waals surface area (Å²) >= 11 is 0. The number of aliphatic carboxylic acids is 1. The highest BCUT2D eigenvalue weighted by atomic mass is 16.4. The number of aryl methyl sites for hydroxylation is 1. The van der Waals surface area contributed by atoms with Crippen molar-refractivity contribution in [2.75, 3.05) is 5.32 Å². The minimum absolute atomic E-state index is 0.176. The molecule has 0 saturated heterocycles. The summed E-state index contributed by atoms with van der Waals surface area (Å²) in [5.41, 5.74) is 6.92. The zero-order chi connectivity index (χ0) is 15.6. The smallest absolute Gasteiger partial charge is 0.306 e. The van der Waals surface area contributed by atoms with E-state index in [1.54, 1.807) is 25.1 Å². The van der Waals surface area contributed by atoms with E-state index in [0.717, 1.165) is 0 Å². The molecule has 2 amide bonds.